The molecule has 0 bridgehead atoms. The van der Waals surface area contributed by atoms with Gasteiger partial charge < -0.3 is 5.32 Å². The minimum Gasteiger partial charge on any atom is -0.359 e. The standard InChI is InChI=1S/C14H26N2S/c1-13(2,3)9-10-15-12-16-14(11-17-12)7-5-4-6-8-14/h4-11H2,1-3H3,(H,15,16). The zero-order valence-electron chi connectivity index (χ0n) is 11.5. The lowest BCUT2D eigenvalue weighted by Crippen LogP contribution is -2.45. The monoisotopic (exact) mass is 254 g/mol. The lowest BCUT2D eigenvalue weighted by molar-refractivity contribution is 0.303. The maximum atomic E-state index is 4.73. The second-order valence-electron chi connectivity index (χ2n) is 6.75. The van der Waals surface area contributed by atoms with E-state index in [1.165, 1.54) is 49.4 Å². The Balaban J connectivity index is 1.82. The van der Waals surface area contributed by atoms with Gasteiger partial charge in [-0.25, -0.2) is 0 Å². The highest BCUT2D eigenvalue weighted by Crippen LogP contribution is 2.36. The summed E-state index contributed by atoms with van der Waals surface area (Å²) in [6.45, 7) is 7.82. The Morgan fingerprint density at radius 2 is 1.94 bits per heavy atom. The highest BCUT2D eigenvalue weighted by atomic mass is 32.2. The van der Waals surface area contributed by atoms with Crippen molar-refractivity contribution in [3.63, 3.8) is 0 Å². The predicted octanol–water partition coefficient (Wildman–Crippen LogP) is 3.82. The molecule has 1 saturated heterocycles. The normalized spacial score (nSPS) is 26.4. The number of amidine groups is 1. The number of hydrogen-bond acceptors (Lipinski definition) is 2. The molecule has 3 heteroatoms. The number of nitrogens with one attached hydrogen (secondary N) is 1. The van der Waals surface area contributed by atoms with Gasteiger partial charge in [0.25, 0.3) is 0 Å². The van der Waals surface area contributed by atoms with E-state index in [4.69, 9.17) is 4.99 Å². The van der Waals surface area contributed by atoms with E-state index >= 15 is 0 Å². The first-order valence-electron chi connectivity index (χ1n) is 6.95. The number of rotatable bonds is 2. The van der Waals surface area contributed by atoms with Crippen LogP contribution in [0.25, 0.3) is 0 Å². The molecule has 1 spiro atoms. The first kappa shape index (κ1) is 13.3. The largest absolute Gasteiger partial charge is 0.359 e. The van der Waals surface area contributed by atoms with Gasteiger partial charge in [-0.3, -0.25) is 4.99 Å². The van der Waals surface area contributed by atoms with E-state index in [0.29, 0.717) is 11.0 Å². The third-order valence-electron chi connectivity index (χ3n) is 3.79. The summed E-state index contributed by atoms with van der Waals surface area (Å²) in [4.78, 5) is 4.73. The van der Waals surface area contributed by atoms with Gasteiger partial charge in [-0.2, -0.15) is 0 Å². The average molecular weight is 254 g/mol. The maximum Gasteiger partial charge on any atom is 0.157 e. The van der Waals surface area contributed by atoms with Crippen molar-refractivity contribution in [2.24, 2.45) is 10.4 Å². The highest BCUT2D eigenvalue weighted by Gasteiger charge is 2.37. The van der Waals surface area contributed by atoms with Crippen molar-refractivity contribution in [3.8, 4) is 0 Å². The Morgan fingerprint density at radius 1 is 1.24 bits per heavy atom. The van der Waals surface area contributed by atoms with Crippen LogP contribution in [0.1, 0.15) is 59.3 Å². The van der Waals surface area contributed by atoms with Crippen molar-refractivity contribution >= 4 is 16.9 Å². The van der Waals surface area contributed by atoms with Gasteiger partial charge in [0.1, 0.15) is 0 Å². The summed E-state index contributed by atoms with van der Waals surface area (Å²) in [6, 6.07) is 0. The van der Waals surface area contributed by atoms with Crippen LogP contribution in [-0.2, 0) is 0 Å². The molecule has 17 heavy (non-hydrogen) atoms. The summed E-state index contributed by atoms with van der Waals surface area (Å²) in [5.74, 6) is 1.24. The SMILES string of the molecule is CC(C)(C)CCN=C1NC2(CCCCC2)CS1. The Morgan fingerprint density at radius 3 is 2.59 bits per heavy atom. The van der Waals surface area contributed by atoms with E-state index < -0.39 is 0 Å². The lowest BCUT2D eigenvalue weighted by Gasteiger charge is -2.32. The van der Waals surface area contributed by atoms with Crippen molar-refractivity contribution < 1.29 is 0 Å². The first-order valence-corrected chi connectivity index (χ1v) is 7.93. The topological polar surface area (TPSA) is 24.4 Å². The second-order valence-corrected chi connectivity index (χ2v) is 7.72. The summed E-state index contributed by atoms with van der Waals surface area (Å²) >= 11 is 1.94. The van der Waals surface area contributed by atoms with Crippen LogP contribution in [0.2, 0.25) is 0 Å². The molecule has 0 amide bonds. The molecule has 0 aromatic carbocycles. The van der Waals surface area contributed by atoms with E-state index in [-0.39, 0.29) is 0 Å². The van der Waals surface area contributed by atoms with Crippen molar-refractivity contribution in [3.05, 3.63) is 0 Å². The van der Waals surface area contributed by atoms with Crippen molar-refractivity contribution in [2.45, 2.75) is 64.8 Å². The molecule has 1 heterocycles. The van der Waals surface area contributed by atoms with Gasteiger partial charge in [-0.15, -0.1) is 0 Å². The average Bonchev–Trinajstić information content (AvgIpc) is 2.61. The molecule has 2 aliphatic rings. The van der Waals surface area contributed by atoms with E-state index in [1.807, 2.05) is 11.8 Å². The van der Waals surface area contributed by atoms with Crippen molar-refractivity contribution in [1.82, 2.24) is 5.32 Å². The van der Waals surface area contributed by atoms with Gasteiger partial charge in [-0.1, -0.05) is 51.8 Å². The molecule has 1 aliphatic heterocycles. The molecule has 98 valence electrons. The van der Waals surface area contributed by atoms with Crippen LogP contribution in [0.15, 0.2) is 4.99 Å². The van der Waals surface area contributed by atoms with Gasteiger partial charge in [0.05, 0.1) is 0 Å². The molecule has 0 aromatic rings. The second kappa shape index (κ2) is 5.21. The minimum absolute atomic E-state index is 0.399. The van der Waals surface area contributed by atoms with Gasteiger partial charge in [0.2, 0.25) is 0 Å². The molecule has 1 aliphatic carbocycles. The smallest absolute Gasteiger partial charge is 0.157 e. The predicted molar refractivity (Wildman–Crippen MR) is 77.8 cm³/mol. The van der Waals surface area contributed by atoms with Gasteiger partial charge in [0, 0.05) is 17.8 Å². The van der Waals surface area contributed by atoms with Gasteiger partial charge in [0.15, 0.2) is 5.17 Å². The Kier molecular flexibility index (Phi) is 4.06. The number of thioether (sulfide) groups is 1. The zero-order chi connectivity index (χ0) is 12.4. The number of hydrogen-bond donors (Lipinski definition) is 1. The highest BCUT2D eigenvalue weighted by molar-refractivity contribution is 8.14. The maximum absolute atomic E-state index is 4.73. The molecule has 2 fully saturated rings. The molecular weight excluding hydrogens is 228 g/mol. The molecule has 1 saturated carbocycles. The van der Waals surface area contributed by atoms with Crippen molar-refractivity contribution in [1.29, 1.82) is 0 Å². The minimum atomic E-state index is 0.399. The van der Waals surface area contributed by atoms with Crippen LogP contribution < -0.4 is 5.32 Å². The molecule has 2 rings (SSSR count). The molecule has 1 N–H and O–H groups in total. The lowest BCUT2D eigenvalue weighted by atomic mass is 9.83. The quantitative estimate of drug-likeness (QED) is 0.810. The molecule has 0 atom stereocenters. The fourth-order valence-corrected chi connectivity index (χ4v) is 3.83. The van der Waals surface area contributed by atoms with Crippen LogP contribution >= 0.6 is 11.8 Å². The Bertz CT molecular complexity index is 285. The van der Waals surface area contributed by atoms with E-state index in [1.54, 1.807) is 0 Å². The summed E-state index contributed by atoms with van der Waals surface area (Å²) in [7, 11) is 0. The van der Waals surface area contributed by atoms with Crippen LogP contribution in [0.5, 0.6) is 0 Å². The van der Waals surface area contributed by atoms with E-state index in [0.717, 1.165) is 6.54 Å². The van der Waals surface area contributed by atoms with E-state index in [2.05, 4.69) is 26.1 Å². The van der Waals surface area contributed by atoms with Gasteiger partial charge >= 0.3 is 0 Å². The fraction of sp³-hybridized carbons (Fsp3) is 0.929. The molecule has 2 nitrogen and oxygen atoms in total. The third-order valence-corrected chi connectivity index (χ3v) is 4.99. The zero-order valence-corrected chi connectivity index (χ0v) is 12.3. The van der Waals surface area contributed by atoms with Gasteiger partial charge in [-0.05, 0) is 24.7 Å². The molecule has 0 unspecified atom stereocenters. The van der Waals surface area contributed by atoms with Crippen LogP contribution in [0.3, 0.4) is 0 Å². The third kappa shape index (κ3) is 3.90. The van der Waals surface area contributed by atoms with Crippen LogP contribution in [-0.4, -0.2) is 23.0 Å². The summed E-state index contributed by atoms with van der Waals surface area (Å²) in [6.07, 6.45) is 8.07. The van der Waals surface area contributed by atoms with Crippen molar-refractivity contribution in [2.75, 3.05) is 12.3 Å². The Labute approximate surface area is 110 Å². The number of aliphatic imine (C=N–C) groups is 1. The fourth-order valence-electron chi connectivity index (χ4n) is 2.58. The summed E-state index contributed by atoms with van der Waals surface area (Å²) in [5.41, 5.74) is 0.805. The molecule has 0 radical (unpaired) electrons. The Hall–Kier alpha value is -0.180. The van der Waals surface area contributed by atoms with Crippen LogP contribution in [0.4, 0.5) is 0 Å². The van der Waals surface area contributed by atoms with Crippen LogP contribution in [0, 0.1) is 5.41 Å². The number of nitrogens with zero attached hydrogens (tertiary/aromatic N) is 1. The molecular formula is C14H26N2S. The summed E-state index contributed by atoms with van der Waals surface area (Å²) in [5, 5.41) is 4.91. The first-order chi connectivity index (χ1) is 7.99. The summed E-state index contributed by atoms with van der Waals surface area (Å²) < 4.78 is 0. The van der Waals surface area contributed by atoms with E-state index in [9.17, 15) is 0 Å². The molecule has 0 aromatic heterocycles.